The predicted molar refractivity (Wildman–Crippen MR) is 122 cm³/mol. The molecule has 1 heterocycles. The molecule has 0 aliphatic rings. The van der Waals surface area contributed by atoms with Crippen LogP contribution >= 0.6 is 35.3 Å². The number of rotatable bonds is 8. The van der Waals surface area contributed by atoms with E-state index in [-0.39, 0.29) is 24.0 Å². The van der Waals surface area contributed by atoms with Crippen LogP contribution in [0, 0.1) is 5.92 Å². The Hall–Kier alpha value is -1.48. The zero-order valence-electron chi connectivity index (χ0n) is 15.7. The molecule has 2 N–H and O–H groups in total. The third kappa shape index (κ3) is 7.03. The normalized spacial score (nSPS) is 12.1. The smallest absolute Gasteiger partial charge is 0.195 e. The van der Waals surface area contributed by atoms with E-state index in [2.05, 4.69) is 40.1 Å². The molecule has 0 amide bonds. The summed E-state index contributed by atoms with van der Waals surface area (Å²) in [6, 6.07) is 10.0. The molecule has 0 radical (unpaired) electrons. The molecule has 7 heteroatoms. The Bertz CT molecular complexity index is 677. The fourth-order valence-corrected chi connectivity index (χ4v) is 3.32. The van der Waals surface area contributed by atoms with Gasteiger partial charge in [0.25, 0.3) is 0 Å². The summed E-state index contributed by atoms with van der Waals surface area (Å²) < 4.78 is 10.9. The summed E-state index contributed by atoms with van der Waals surface area (Å²) in [5.41, 5.74) is 0.902. The number of guanidine groups is 1. The molecule has 0 spiro atoms. The highest BCUT2D eigenvalue weighted by molar-refractivity contribution is 14.0. The maximum Gasteiger partial charge on any atom is 0.195 e. The predicted octanol–water partition coefficient (Wildman–Crippen LogP) is 4.64. The molecule has 0 aliphatic carbocycles. The van der Waals surface area contributed by atoms with Crippen LogP contribution in [0.5, 0.6) is 11.5 Å². The number of anilines is 1. The molecule has 0 bridgehead atoms. The molecule has 5 nitrogen and oxygen atoms in total. The third-order valence-corrected chi connectivity index (χ3v) is 4.60. The first kappa shape index (κ1) is 22.6. The van der Waals surface area contributed by atoms with Gasteiger partial charge in [0.05, 0.1) is 13.7 Å². The Morgan fingerprint density at radius 1 is 1.27 bits per heavy atom. The Labute approximate surface area is 177 Å². The van der Waals surface area contributed by atoms with Crippen molar-refractivity contribution in [3.8, 4) is 11.5 Å². The minimum absolute atomic E-state index is 0. The number of nitrogens with one attached hydrogen (secondary N) is 2. The Kier molecular flexibility index (Phi) is 10.4. The van der Waals surface area contributed by atoms with Gasteiger partial charge in [0.15, 0.2) is 17.5 Å². The molecule has 2 aromatic rings. The largest absolute Gasteiger partial charge is 0.493 e. The van der Waals surface area contributed by atoms with Crippen LogP contribution in [-0.2, 0) is 6.42 Å². The second kappa shape index (κ2) is 12.0. The average Bonchev–Trinajstić information content (AvgIpc) is 3.12. The fourth-order valence-electron chi connectivity index (χ4n) is 2.45. The topological polar surface area (TPSA) is 54.9 Å². The maximum absolute atomic E-state index is 5.55. The molecule has 0 aliphatic heterocycles. The monoisotopic (exact) mass is 489 g/mol. The standard InChI is InChI=1S/C19H27N3O2S.HI/c1-5-24-17-9-8-15(12-18(17)23-4)22-19(20-3)21-13-14(2)11-16-7-6-10-25-16;/h6-10,12,14H,5,11,13H2,1-4H3,(H2,20,21,22);1H. The van der Waals surface area contributed by atoms with Crippen molar-refractivity contribution in [1.82, 2.24) is 5.32 Å². The van der Waals surface area contributed by atoms with E-state index in [1.54, 1.807) is 25.5 Å². The second-order valence-corrected chi connectivity index (χ2v) is 6.80. The summed E-state index contributed by atoms with van der Waals surface area (Å²) in [5.74, 6) is 2.70. The first-order chi connectivity index (χ1) is 12.2. The van der Waals surface area contributed by atoms with E-state index in [4.69, 9.17) is 9.47 Å². The lowest BCUT2D eigenvalue weighted by atomic mass is 10.1. The Balaban J connectivity index is 0.00000338. The van der Waals surface area contributed by atoms with E-state index in [0.29, 0.717) is 18.3 Å². The zero-order chi connectivity index (χ0) is 18.1. The fraction of sp³-hybridized carbons (Fsp3) is 0.421. The van der Waals surface area contributed by atoms with Crippen molar-refractivity contribution in [3.63, 3.8) is 0 Å². The number of benzene rings is 1. The number of nitrogens with zero attached hydrogens (tertiary/aromatic N) is 1. The van der Waals surface area contributed by atoms with Gasteiger partial charge in [-0.3, -0.25) is 4.99 Å². The van der Waals surface area contributed by atoms with Crippen LogP contribution in [0.2, 0.25) is 0 Å². The second-order valence-electron chi connectivity index (χ2n) is 5.77. The summed E-state index contributed by atoms with van der Waals surface area (Å²) in [4.78, 5) is 5.70. The number of ether oxygens (including phenoxy) is 2. The van der Waals surface area contributed by atoms with Gasteiger partial charge < -0.3 is 20.1 Å². The summed E-state index contributed by atoms with van der Waals surface area (Å²) in [6.45, 7) is 5.65. The highest BCUT2D eigenvalue weighted by Gasteiger charge is 2.09. The van der Waals surface area contributed by atoms with Gasteiger partial charge in [-0.25, -0.2) is 0 Å². The van der Waals surface area contributed by atoms with Gasteiger partial charge in [0, 0.05) is 30.2 Å². The van der Waals surface area contributed by atoms with Crippen LogP contribution in [0.1, 0.15) is 18.7 Å². The number of halogens is 1. The lowest BCUT2D eigenvalue weighted by molar-refractivity contribution is 0.311. The molecule has 26 heavy (non-hydrogen) atoms. The number of aliphatic imine (C=N–C) groups is 1. The van der Waals surface area contributed by atoms with Crippen molar-refractivity contribution in [1.29, 1.82) is 0 Å². The van der Waals surface area contributed by atoms with Crippen LogP contribution in [0.4, 0.5) is 5.69 Å². The molecule has 1 unspecified atom stereocenters. The van der Waals surface area contributed by atoms with Crippen molar-refractivity contribution >= 4 is 47.0 Å². The van der Waals surface area contributed by atoms with E-state index in [1.165, 1.54) is 4.88 Å². The molecule has 0 fully saturated rings. The van der Waals surface area contributed by atoms with Crippen molar-refractivity contribution < 1.29 is 9.47 Å². The molecule has 144 valence electrons. The van der Waals surface area contributed by atoms with Gasteiger partial charge in [-0.05, 0) is 42.8 Å². The third-order valence-electron chi connectivity index (χ3n) is 3.70. The van der Waals surface area contributed by atoms with Gasteiger partial charge >= 0.3 is 0 Å². The van der Waals surface area contributed by atoms with Crippen LogP contribution in [0.25, 0.3) is 0 Å². The van der Waals surface area contributed by atoms with E-state index in [0.717, 1.165) is 30.4 Å². The molecule has 1 aromatic carbocycles. The first-order valence-electron chi connectivity index (χ1n) is 8.47. The molecule has 0 saturated heterocycles. The average molecular weight is 489 g/mol. The van der Waals surface area contributed by atoms with Gasteiger partial charge in [-0.2, -0.15) is 0 Å². The highest BCUT2D eigenvalue weighted by atomic mass is 127. The van der Waals surface area contributed by atoms with E-state index in [1.807, 2.05) is 25.1 Å². The highest BCUT2D eigenvalue weighted by Crippen LogP contribution is 2.30. The van der Waals surface area contributed by atoms with Crippen LogP contribution < -0.4 is 20.1 Å². The number of methoxy groups -OCH3 is 1. The summed E-state index contributed by atoms with van der Waals surface area (Å²) in [7, 11) is 3.41. The zero-order valence-corrected chi connectivity index (χ0v) is 18.9. The number of thiophene rings is 1. The molecule has 2 rings (SSSR count). The summed E-state index contributed by atoms with van der Waals surface area (Å²) >= 11 is 1.80. The molecule has 1 aromatic heterocycles. The Morgan fingerprint density at radius 3 is 2.69 bits per heavy atom. The van der Waals surface area contributed by atoms with Gasteiger partial charge in [-0.15, -0.1) is 35.3 Å². The van der Waals surface area contributed by atoms with Gasteiger partial charge in [-0.1, -0.05) is 13.0 Å². The van der Waals surface area contributed by atoms with Crippen molar-refractivity contribution in [2.24, 2.45) is 10.9 Å². The molecule has 0 saturated carbocycles. The number of hydrogen-bond acceptors (Lipinski definition) is 4. The SMILES string of the molecule is CCOc1ccc(NC(=NC)NCC(C)Cc2cccs2)cc1OC.I. The number of hydrogen-bond donors (Lipinski definition) is 2. The van der Waals surface area contributed by atoms with E-state index in [9.17, 15) is 0 Å². The lowest BCUT2D eigenvalue weighted by Crippen LogP contribution is -2.34. The Morgan fingerprint density at radius 2 is 2.08 bits per heavy atom. The summed E-state index contributed by atoms with van der Waals surface area (Å²) in [5, 5.41) is 8.79. The van der Waals surface area contributed by atoms with Gasteiger partial charge in [0.1, 0.15) is 0 Å². The maximum atomic E-state index is 5.55. The van der Waals surface area contributed by atoms with E-state index < -0.39 is 0 Å². The minimum atomic E-state index is 0. The van der Waals surface area contributed by atoms with Crippen molar-refractivity contribution in [2.75, 3.05) is 32.6 Å². The molecule has 1 atom stereocenters. The van der Waals surface area contributed by atoms with Gasteiger partial charge in [0.2, 0.25) is 0 Å². The van der Waals surface area contributed by atoms with E-state index >= 15 is 0 Å². The minimum Gasteiger partial charge on any atom is -0.493 e. The van der Waals surface area contributed by atoms with Crippen LogP contribution in [-0.4, -0.2) is 33.3 Å². The molecular weight excluding hydrogens is 461 g/mol. The quantitative estimate of drug-likeness (QED) is 0.322. The molecular formula is C19H28IN3O2S. The van der Waals surface area contributed by atoms with Crippen molar-refractivity contribution in [2.45, 2.75) is 20.3 Å². The summed E-state index contributed by atoms with van der Waals surface area (Å²) in [6.07, 6.45) is 1.07. The van der Waals surface area contributed by atoms with Crippen LogP contribution in [0.3, 0.4) is 0 Å². The lowest BCUT2D eigenvalue weighted by Gasteiger charge is -2.17. The van der Waals surface area contributed by atoms with Crippen LogP contribution in [0.15, 0.2) is 40.7 Å². The first-order valence-corrected chi connectivity index (χ1v) is 9.35. The van der Waals surface area contributed by atoms with Crippen molar-refractivity contribution in [3.05, 3.63) is 40.6 Å².